The summed E-state index contributed by atoms with van der Waals surface area (Å²) in [5, 5.41) is 7.27. The summed E-state index contributed by atoms with van der Waals surface area (Å²) in [4.78, 5) is 0.569. The van der Waals surface area contributed by atoms with Crippen molar-refractivity contribution >= 4 is 22.1 Å². The molecule has 0 amide bonds. The van der Waals surface area contributed by atoms with Crippen LogP contribution in [0.5, 0.6) is 0 Å². The summed E-state index contributed by atoms with van der Waals surface area (Å²) in [6, 6.07) is 0. The first-order valence-electron chi connectivity index (χ1n) is 4.08. The fourth-order valence-corrected chi connectivity index (χ4v) is 2.36. The van der Waals surface area contributed by atoms with Crippen molar-refractivity contribution in [3.63, 3.8) is 0 Å². The predicted octanol–water partition coefficient (Wildman–Crippen LogP) is 0.444. The van der Waals surface area contributed by atoms with Crippen molar-refractivity contribution in [3.8, 4) is 0 Å². The Labute approximate surface area is 89.3 Å². The average molecular weight is 237 g/mol. The second-order valence-electron chi connectivity index (χ2n) is 3.20. The number of nitrogens with zero attached hydrogens (tertiary/aromatic N) is 2. The molecule has 7 heteroatoms. The molecule has 0 spiro atoms. The first-order chi connectivity index (χ1) is 6.09. The summed E-state index contributed by atoms with van der Waals surface area (Å²) >= 11 is 0. The Bertz CT molecular complexity index is 425. The Hall–Kier alpha value is -0.590. The third-order valence-electron chi connectivity index (χ3n) is 2.12. The summed E-state index contributed by atoms with van der Waals surface area (Å²) < 4.78 is 20.8. The van der Waals surface area contributed by atoms with Gasteiger partial charge in [-0.15, -0.1) is 12.4 Å². The van der Waals surface area contributed by atoms with E-state index in [9.17, 15) is 4.21 Å². The monoisotopic (exact) mass is 236 g/mol. The third-order valence-corrected chi connectivity index (χ3v) is 3.30. The SMILES string of the molecule is CS(=N)(=O)c1cnn2c1CNCC2.Cl. The van der Waals surface area contributed by atoms with Gasteiger partial charge in [-0.2, -0.15) is 5.10 Å². The van der Waals surface area contributed by atoms with Crippen LogP contribution in [0.25, 0.3) is 0 Å². The van der Waals surface area contributed by atoms with Gasteiger partial charge in [0.2, 0.25) is 0 Å². The lowest BCUT2D eigenvalue weighted by Crippen LogP contribution is -2.29. The van der Waals surface area contributed by atoms with E-state index in [0.717, 1.165) is 18.8 Å². The van der Waals surface area contributed by atoms with Crippen molar-refractivity contribution in [2.75, 3.05) is 12.8 Å². The van der Waals surface area contributed by atoms with Crippen LogP contribution in [0.1, 0.15) is 5.69 Å². The van der Waals surface area contributed by atoms with E-state index in [0.29, 0.717) is 11.4 Å². The molecule has 1 aliphatic rings. The van der Waals surface area contributed by atoms with E-state index in [1.807, 2.05) is 4.68 Å². The number of aromatic nitrogens is 2. The molecule has 0 aromatic carbocycles. The minimum atomic E-state index is -2.62. The van der Waals surface area contributed by atoms with E-state index in [2.05, 4.69) is 10.4 Å². The van der Waals surface area contributed by atoms with Crippen molar-refractivity contribution in [2.45, 2.75) is 18.0 Å². The lowest BCUT2D eigenvalue weighted by atomic mass is 10.3. The molecule has 0 aliphatic carbocycles. The van der Waals surface area contributed by atoms with Crippen LogP contribution >= 0.6 is 12.4 Å². The zero-order valence-corrected chi connectivity index (χ0v) is 9.45. The number of hydrogen-bond acceptors (Lipinski definition) is 4. The standard InChI is InChI=1S/C7H12N4OS.ClH/c1-13(8,12)7-5-10-11-3-2-9-4-6(7)11;/h5,8-9H,2-4H2,1H3;1H. The van der Waals surface area contributed by atoms with Crippen LogP contribution in [0.3, 0.4) is 0 Å². The Morgan fingerprint density at radius 3 is 3.07 bits per heavy atom. The van der Waals surface area contributed by atoms with E-state index in [-0.39, 0.29) is 12.4 Å². The number of rotatable bonds is 1. The van der Waals surface area contributed by atoms with Crippen LogP contribution in [0, 0.1) is 4.78 Å². The van der Waals surface area contributed by atoms with E-state index in [1.165, 1.54) is 6.26 Å². The van der Waals surface area contributed by atoms with Gasteiger partial charge in [0.05, 0.1) is 33.1 Å². The van der Waals surface area contributed by atoms with Gasteiger partial charge in [0.1, 0.15) is 0 Å². The molecule has 1 aromatic rings. The Balaban J connectivity index is 0.000000980. The fraction of sp³-hybridized carbons (Fsp3) is 0.571. The first-order valence-corrected chi connectivity index (χ1v) is 6.05. The van der Waals surface area contributed by atoms with E-state index < -0.39 is 9.73 Å². The van der Waals surface area contributed by atoms with Crippen molar-refractivity contribution in [1.29, 1.82) is 4.78 Å². The molecule has 2 heterocycles. The number of hydrogen-bond donors (Lipinski definition) is 2. The lowest BCUT2D eigenvalue weighted by molar-refractivity contribution is 0.471. The molecule has 1 aromatic heterocycles. The maximum atomic E-state index is 11.5. The molecule has 80 valence electrons. The van der Waals surface area contributed by atoms with Gasteiger partial charge in [-0.1, -0.05) is 0 Å². The molecule has 0 fully saturated rings. The second-order valence-corrected chi connectivity index (χ2v) is 5.33. The van der Waals surface area contributed by atoms with Gasteiger partial charge in [-0.05, 0) is 0 Å². The van der Waals surface area contributed by atoms with Gasteiger partial charge >= 0.3 is 0 Å². The fourth-order valence-electron chi connectivity index (χ4n) is 1.48. The molecular weight excluding hydrogens is 224 g/mol. The quantitative estimate of drug-likeness (QED) is 0.744. The molecule has 2 N–H and O–H groups in total. The molecule has 1 aliphatic heterocycles. The van der Waals surface area contributed by atoms with Crippen LogP contribution in [0.2, 0.25) is 0 Å². The number of fused-ring (bicyclic) bond motifs is 1. The first kappa shape index (κ1) is 11.5. The second kappa shape index (κ2) is 3.88. The molecule has 2 rings (SSSR count). The van der Waals surface area contributed by atoms with Gasteiger partial charge in [0.15, 0.2) is 0 Å². The predicted molar refractivity (Wildman–Crippen MR) is 56.2 cm³/mol. The molecule has 1 unspecified atom stereocenters. The van der Waals surface area contributed by atoms with E-state index in [1.54, 1.807) is 6.20 Å². The Morgan fingerprint density at radius 2 is 2.43 bits per heavy atom. The number of halogens is 1. The zero-order valence-electron chi connectivity index (χ0n) is 7.82. The van der Waals surface area contributed by atoms with Crippen LogP contribution in [-0.4, -0.2) is 26.8 Å². The van der Waals surface area contributed by atoms with Crippen molar-refractivity contribution in [2.24, 2.45) is 0 Å². The van der Waals surface area contributed by atoms with Gasteiger partial charge in [-0.25, -0.2) is 8.99 Å². The van der Waals surface area contributed by atoms with Gasteiger partial charge in [0.25, 0.3) is 0 Å². The Kier molecular flexibility index (Phi) is 3.18. The smallest absolute Gasteiger partial charge is 0.0894 e. The van der Waals surface area contributed by atoms with Crippen LogP contribution < -0.4 is 5.32 Å². The highest BCUT2D eigenvalue weighted by Crippen LogP contribution is 2.17. The van der Waals surface area contributed by atoms with Crippen molar-refractivity contribution in [3.05, 3.63) is 11.9 Å². The molecule has 0 bridgehead atoms. The summed E-state index contributed by atoms with van der Waals surface area (Å²) in [5.74, 6) is 0. The molecule has 5 nitrogen and oxygen atoms in total. The topological polar surface area (TPSA) is 70.8 Å². The van der Waals surface area contributed by atoms with Crippen LogP contribution in [-0.2, 0) is 22.8 Å². The molecular formula is C7H13ClN4OS. The average Bonchev–Trinajstić information content (AvgIpc) is 2.45. The van der Waals surface area contributed by atoms with Gasteiger partial charge < -0.3 is 5.32 Å². The summed E-state index contributed by atoms with van der Waals surface area (Å²) in [5.41, 5.74) is 0.897. The van der Waals surface area contributed by atoms with Crippen molar-refractivity contribution < 1.29 is 4.21 Å². The maximum Gasteiger partial charge on any atom is 0.0894 e. The lowest BCUT2D eigenvalue weighted by Gasteiger charge is -2.15. The summed E-state index contributed by atoms with van der Waals surface area (Å²) in [7, 11) is -2.62. The number of nitrogens with one attached hydrogen (secondary N) is 2. The molecule has 14 heavy (non-hydrogen) atoms. The van der Waals surface area contributed by atoms with E-state index in [4.69, 9.17) is 4.78 Å². The Morgan fingerprint density at radius 1 is 1.71 bits per heavy atom. The highest BCUT2D eigenvalue weighted by atomic mass is 35.5. The van der Waals surface area contributed by atoms with Crippen molar-refractivity contribution in [1.82, 2.24) is 15.1 Å². The van der Waals surface area contributed by atoms with Crippen LogP contribution in [0.4, 0.5) is 0 Å². The molecule has 0 radical (unpaired) electrons. The summed E-state index contributed by atoms with van der Waals surface area (Å²) in [6.45, 7) is 2.35. The van der Waals surface area contributed by atoms with Gasteiger partial charge in [0, 0.05) is 19.3 Å². The third kappa shape index (κ3) is 1.92. The van der Waals surface area contributed by atoms with Gasteiger partial charge in [-0.3, -0.25) is 4.68 Å². The normalized spacial score (nSPS) is 19.2. The molecule has 1 atom stereocenters. The minimum absolute atomic E-state index is 0. The highest BCUT2D eigenvalue weighted by molar-refractivity contribution is 7.91. The highest BCUT2D eigenvalue weighted by Gasteiger charge is 2.18. The van der Waals surface area contributed by atoms with Crippen LogP contribution in [0.15, 0.2) is 11.1 Å². The summed E-state index contributed by atoms with van der Waals surface area (Å²) in [6.07, 6.45) is 2.98. The molecule has 0 saturated carbocycles. The molecule has 0 saturated heterocycles. The zero-order chi connectivity index (χ0) is 9.47. The minimum Gasteiger partial charge on any atom is -0.309 e. The maximum absolute atomic E-state index is 11.5. The van der Waals surface area contributed by atoms with E-state index >= 15 is 0 Å². The largest absolute Gasteiger partial charge is 0.309 e.